The number of carbonyl (C=O) groups excluding carboxylic acids is 2. The normalized spacial score (nSPS) is 13.8. The first-order valence-corrected chi connectivity index (χ1v) is 8.98. The average molecular weight is 354 g/mol. The van der Waals surface area contributed by atoms with Gasteiger partial charge in [0.25, 0.3) is 11.8 Å². The second kappa shape index (κ2) is 6.00. The lowest BCUT2D eigenvalue weighted by Crippen LogP contribution is -2.25. The van der Waals surface area contributed by atoms with Gasteiger partial charge < -0.3 is 10.6 Å². The molecule has 2 heterocycles. The molecule has 0 atom stereocenters. The molecule has 25 heavy (non-hydrogen) atoms. The Balaban J connectivity index is 1.53. The highest BCUT2D eigenvalue weighted by Crippen LogP contribution is 2.28. The summed E-state index contributed by atoms with van der Waals surface area (Å²) in [5, 5.41) is 11.2. The fraction of sp³-hybridized carbons (Fsp3) is 0.278. The van der Waals surface area contributed by atoms with Crippen molar-refractivity contribution >= 4 is 39.1 Å². The number of nitrogens with one attached hydrogen (secondary N) is 2. The number of amides is 2. The monoisotopic (exact) mass is 354 g/mol. The molecule has 6 nitrogen and oxygen atoms in total. The number of nitrogens with zero attached hydrogens (tertiary/aromatic N) is 2. The van der Waals surface area contributed by atoms with Crippen molar-refractivity contribution in [3.63, 3.8) is 0 Å². The molecule has 2 amide bonds. The van der Waals surface area contributed by atoms with Crippen LogP contribution in [0.4, 0.5) is 5.69 Å². The summed E-state index contributed by atoms with van der Waals surface area (Å²) in [6, 6.07) is 9.18. The molecule has 1 aliphatic carbocycles. The van der Waals surface area contributed by atoms with E-state index < -0.39 is 0 Å². The summed E-state index contributed by atoms with van der Waals surface area (Å²) in [6.07, 6.45) is 2.09. The van der Waals surface area contributed by atoms with Crippen LogP contribution in [0.1, 0.15) is 38.6 Å². The minimum absolute atomic E-state index is 0.0952. The molecule has 1 saturated carbocycles. The van der Waals surface area contributed by atoms with Crippen molar-refractivity contribution in [3.8, 4) is 0 Å². The Morgan fingerprint density at radius 1 is 1.24 bits per heavy atom. The van der Waals surface area contributed by atoms with E-state index in [0.29, 0.717) is 22.2 Å². The topological polar surface area (TPSA) is 76.0 Å². The number of aromatic nitrogens is 2. The van der Waals surface area contributed by atoms with Gasteiger partial charge in [-0.05, 0) is 44.0 Å². The first-order valence-electron chi connectivity index (χ1n) is 8.16. The molecule has 1 aromatic carbocycles. The minimum atomic E-state index is -0.180. The number of aryl methyl sites for hydroxylation is 2. The fourth-order valence-corrected chi connectivity index (χ4v) is 3.76. The summed E-state index contributed by atoms with van der Waals surface area (Å²) in [5.41, 5.74) is 2.08. The highest BCUT2D eigenvalue weighted by atomic mass is 32.1. The van der Waals surface area contributed by atoms with Gasteiger partial charge in [0.2, 0.25) is 0 Å². The number of anilines is 1. The molecule has 3 aromatic rings. The average Bonchev–Trinajstić information content (AvgIpc) is 3.20. The Hall–Kier alpha value is -2.67. The van der Waals surface area contributed by atoms with Gasteiger partial charge in [-0.2, -0.15) is 5.10 Å². The van der Waals surface area contributed by atoms with E-state index in [1.54, 1.807) is 28.9 Å². The quantitative estimate of drug-likeness (QED) is 0.756. The molecule has 0 bridgehead atoms. The smallest absolute Gasteiger partial charge is 0.265 e. The van der Waals surface area contributed by atoms with E-state index in [1.165, 1.54) is 11.3 Å². The third-order valence-electron chi connectivity index (χ3n) is 4.22. The molecule has 1 fully saturated rings. The van der Waals surface area contributed by atoms with Crippen LogP contribution in [0.2, 0.25) is 0 Å². The lowest BCUT2D eigenvalue weighted by molar-refractivity contribution is 0.0949. The van der Waals surface area contributed by atoms with E-state index in [1.807, 2.05) is 20.0 Å². The van der Waals surface area contributed by atoms with Crippen molar-refractivity contribution < 1.29 is 9.59 Å². The Morgan fingerprint density at radius 3 is 2.76 bits per heavy atom. The lowest BCUT2D eigenvalue weighted by Gasteiger charge is -2.07. The molecular weight excluding hydrogens is 336 g/mol. The molecule has 0 radical (unpaired) electrons. The predicted octanol–water partition coefficient (Wildman–Crippen LogP) is 3.09. The number of thiophene rings is 1. The third kappa shape index (κ3) is 3.15. The van der Waals surface area contributed by atoms with Crippen molar-refractivity contribution in [1.29, 1.82) is 0 Å². The standard InChI is InChI=1S/C18H18N4O2S/c1-10-14-9-15(25-18(14)22(2)21-10)17(24)20-13-5-3-4-11(8-13)16(23)19-12-6-7-12/h3-5,8-9,12H,6-7H2,1-2H3,(H,19,23)(H,20,24). The van der Waals surface area contributed by atoms with Crippen molar-refractivity contribution in [2.45, 2.75) is 25.8 Å². The first-order chi connectivity index (χ1) is 12.0. The van der Waals surface area contributed by atoms with E-state index in [0.717, 1.165) is 28.8 Å². The van der Waals surface area contributed by atoms with Crippen LogP contribution in [-0.2, 0) is 7.05 Å². The van der Waals surface area contributed by atoms with Crippen LogP contribution in [0.25, 0.3) is 10.2 Å². The number of fused-ring (bicyclic) bond motifs is 1. The second-order valence-electron chi connectivity index (χ2n) is 6.32. The summed E-state index contributed by atoms with van der Waals surface area (Å²) in [6.45, 7) is 1.93. The Labute approximate surface area is 148 Å². The second-order valence-corrected chi connectivity index (χ2v) is 7.35. The van der Waals surface area contributed by atoms with Crippen LogP contribution in [-0.4, -0.2) is 27.6 Å². The van der Waals surface area contributed by atoms with Gasteiger partial charge in [-0.3, -0.25) is 14.3 Å². The summed E-state index contributed by atoms with van der Waals surface area (Å²) in [4.78, 5) is 26.3. The molecule has 4 rings (SSSR count). The van der Waals surface area contributed by atoms with Gasteiger partial charge in [-0.15, -0.1) is 11.3 Å². The van der Waals surface area contributed by atoms with Gasteiger partial charge in [0.05, 0.1) is 10.6 Å². The molecule has 7 heteroatoms. The number of hydrogen-bond donors (Lipinski definition) is 2. The molecule has 2 N–H and O–H groups in total. The van der Waals surface area contributed by atoms with Gasteiger partial charge in [-0.1, -0.05) is 6.07 Å². The zero-order valence-corrected chi connectivity index (χ0v) is 14.8. The van der Waals surface area contributed by atoms with Gasteiger partial charge in [0, 0.05) is 29.7 Å². The van der Waals surface area contributed by atoms with Crippen LogP contribution >= 0.6 is 11.3 Å². The van der Waals surface area contributed by atoms with Gasteiger partial charge in [-0.25, -0.2) is 0 Å². The molecule has 0 unspecified atom stereocenters. The van der Waals surface area contributed by atoms with E-state index in [-0.39, 0.29) is 11.8 Å². The zero-order chi connectivity index (χ0) is 17.6. The summed E-state index contributed by atoms with van der Waals surface area (Å²) in [7, 11) is 1.87. The van der Waals surface area contributed by atoms with Gasteiger partial charge in [0.15, 0.2) is 0 Å². The van der Waals surface area contributed by atoms with E-state index >= 15 is 0 Å². The maximum atomic E-state index is 12.5. The molecule has 0 aliphatic heterocycles. The van der Waals surface area contributed by atoms with E-state index in [4.69, 9.17) is 0 Å². The van der Waals surface area contributed by atoms with Crippen molar-refractivity contribution in [2.75, 3.05) is 5.32 Å². The fourth-order valence-electron chi connectivity index (χ4n) is 2.74. The van der Waals surface area contributed by atoms with Crippen molar-refractivity contribution in [1.82, 2.24) is 15.1 Å². The van der Waals surface area contributed by atoms with Crippen LogP contribution in [0.3, 0.4) is 0 Å². The summed E-state index contributed by atoms with van der Waals surface area (Å²) < 4.78 is 1.79. The Bertz CT molecular complexity index is 950. The highest BCUT2D eigenvalue weighted by Gasteiger charge is 2.24. The summed E-state index contributed by atoms with van der Waals surface area (Å²) >= 11 is 1.41. The van der Waals surface area contributed by atoms with Crippen molar-refractivity contribution in [3.05, 3.63) is 46.5 Å². The van der Waals surface area contributed by atoms with Crippen molar-refractivity contribution in [2.24, 2.45) is 7.05 Å². The van der Waals surface area contributed by atoms with Crippen LogP contribution in [0.15, 0.2) is 30.3 Å². The predicted molar refractivity (Wildman–Crippen MR) is 98.2 cm³/mol. The Kier molecular flexibility index (Phi) is 3.80. The third-order valence-corrected chi connectivity index (χ3v) is 5.42. The summed E-state index contributed by atoms with van der Waals surface area (Å²) in [5.74, 6) is -0.275. The minimum Gasteiger partial charge on any atom is -0.349 e. The SMILES string of the molecule is Cc1nn(C)c2sc(C(=O)Nc3cccc(C(=O)NC4CC4)c3)cc12. The highest BCUT2D eigenvalue weighted by molar-refractivity contribution is 7.20. The lowest BCUT2D eigenvalue weighted by atomic mass is 10.2. The van der Waals surface area contributed by atoms with Gasteiger partial charge >= 0.3 is 0 Å². The Morgan fingerprint density at radius 2 is 2.04 bits per heavy atom. The molecule has 128 valence electrons. The molecule has 0 saturated heterocycles. The zero-order valence-electron chi connectivity index (χ0n) is 14.0. The van der Waals surface area contributed by atoms with Gasteiger partial charge in [0.1, 0.15) is 4.83 Å². The molecular formula is C18H18N4O2S. The van der Waals surface area contributed by atoms with Crippen LogP contribution in [0.5, 0.6) is 0 Å². The van der Waals surface area contributed by atoms with E-state index in [2.05, 4.69) is 15.7 Å². The number of benzene rings is 1. The van der Waals surface area contributed by atoms with Crippen LogP contribution < -0.4 is 10.6 Å². The van der Waals surface area contributed by atoms with E-state index in [9.17, 15) is 9.59 Å². The largest absolute Gasteiger partial charge is 0.349 e. The maximum Gasteiger partial charge on any atom is 0.265 e. The molecule has 0 spiro atoms. The number of hydrogen-bond acceptors (Lipinski definition) is 4. The maximum absolute atomic E-state index is 12.5. The molecule has 2 aromatic heterocycles. The first kappa shape index (κ1) is 15.8. The molecule has 1 aliphatic rings. The van der Waals surface area contributed by atoms with Crippen LogP contribution in [0, 0.1) is 6.92 Å². The number of rotatable bonds is 4. The number of carbonyl (C=O) groups is 2.